The summed E-state index contributed by atoms with van der Waals surface area (Å²) in [5, 5.41) is 5.73. The van der Waals surface area contributed by atoms with Crippen molar-refractivity contribution in [3.8, 4) is 5.75 Å². The Morgan fingerprint density at radius 3 is 2.64 bits per heavy atom. The van der Waals surface area contributed by atoms with Gasteiger partial charge >= 0.3 is 0 Å². The summed E-state index contributed by atoms with van der Waals surface area (Å²) in [6.45, 7) is 1.81. The van der Waals surface area contributed by atoms with E-state index >= 15 is 0 Å². The van der Waals surface area contributed by atoms with Gasteiger partial charge in [-0.1, -0.05) is 6.07 Å². The van der Waals surface area contributed by atoms with Crippen LogP contribution in [0.2, 0.25) is 0 Å². The molecule has 1 aliphatic carbocycles. The Labute approximate surface area is 162 Å². The number of ether oxygens (including phenoxy) is 2. The van der Waals surface area contributed by atoms with Gasteiger partial charge in [0, 0.05) is 42.2 Å². The van der Waals surface area contributed by atoms with Crippen molar-refractivity contribution < 1.29 is 19.1 Å². The van der Waals surface area contributed by atoms with Crippen LogP contribution in [0.5, 0.6) is 5.75 Å². The van der Waals surface area contributed by atoms with Crippen LogP contribution in [-0.4, -0.2) is 49.7 Å². The number of rotatable bonds is 4. The predicted octanol–water partition coefficient (Wildman–Crippen LogP) is 1.34. The number of nitrogens with zero attached hydrogens (tertiary/aromatic N) is 1. The molecule has 7 nitrogen and oxygen atoms in total. The quantitative estimate of drug-likeness (QED) is 0.837. The zero-order valence-electron chi connectivity index (χ0n) is 15.5. The highest BCUT2D eigenvalue weighted by Crippen LogP contribution is 2.45. The van der Waals surface area contributed by atoms with Gasteiger partial charge in [0.2, 0.25) is 0 Å². The largest absolute Gasteiger partial charge is 0.491 e. The molecule has 2 aliphatic heterocycles. The number of nitrogens with one attached hydrogen (secondary N) is 2. The highest BCUT2D eigenvalue weighted by Gasteiger charge is 2.54. The van der Waals surface area contributed by atoms with Crippen molar-refractivity contribution in [1.29, 1.82) is 0 Å². The Morgan fingerprint density at radius 2 is 1.93 bits per heavy atom. The first-order valence-corrected chi connectivity index (χ1v) is 9.49. The first-order chi connectivity index (χ1) is 13.7. The van der Waals surface area contributed by atoms with E-state index in [2.05, 4.69) is 15.6 Å². The van der Waals surface area contributed by atoms with Crippen molar-refractivity contribution in [1.82, 2.24) is 15.6 Å². The van der Waals surface area contributed by atoms with Crippen LogP contribution in [0, 0.1) is 11.8 Å². The van der Waals surface area contributed by atoms with Gasteiger partial charge in [0.25, 0.3) is 11.8 Å². The van der Waals surface area contributed by atoms with E-state index in [1.54, 1.807) is 19.3 Å². The third-order valence-corrected chi connectivity index (χ3v) is 5.92. The summed E-state index contributed by atoms with van der Waals surface area (Å²) in [4.78, 5) is 29.8. The van der Waals surface area contributed by atoms with Gasteiger partial charge in [-0.2, -0.15) is 0 Å². The Balaban J connectivity index is 1.50. The molecule has 1 aromatic heterocycles. The Bertz CT molecular complexity index is 936. The second-order valence-corrected chi connectivity index (χ2v) is 7.50. The normalized spacial score (nSPS) is 26.8. The standard InChI is InChI=1S/C21H21N3O4/c1-22-21(26)13-7-11(20(25)24-18-15-8-27-9-16(15)18)6-12-14(10-28-19(12)13)17-4-2-3-5-23-17/h2-7,14-16,18H,8-10H2,1H3,(H,22,26)(H,24,25)/t14?,15-,16+,18+. The van der Waals surface area contributed by atoms with Crippen molar-refractivity contribution in [2.45, 2.75) is 12.0 Å². The van der Waals surface area contributed by atoms with Crippen molar-refractivity contribution in [2.75, 3.05) is 26.9 Å². The molecule has 1 saturated carbocycles. The van der Waals surface area contributed by atoms with Crippen LogP contribution in [0.1, 0.15) is 37.9 Å². The molecule has 2 N–H and O–H groups in total. The van der Waals surface area contributed by atoms with Crippen LogP contribution >= 0.6 is 0 Å². The molecule has 3 aliphatic rings. The summed E-state index contributed by atoms with van der Waals surface area (Å²) in [7, 11) is 1.57. The van der Waals surface area contributed by atoms with E-state index in [1.165, 1.54) is 0 Å². The van der Waals surface area contributed by atoms with E-state index in [0.717, 1.165) is 11.3 Å². The van der Waals surface area contributed by atoms with Gasteiger partial charge in [-0.15, -0.1) is 0 Å². The van der Waals surface area contributed by atoms with Crippen molar-refractivity contribution in [2.24, 2.45) is 11.8 Å². The van der Waals surface area contributed by atoms with E-state index in [1.807, 2.05) is 24.3 Å². The molecule has 0 radical (unpaired) electrons. The maximum Gasteiger partial charge on any atom is 0.254 e. The van der Waals surface area contributed by atoms with E-state index in [4.69, 9.17) is 9.47 Å². The van der Waals surface area contributed by atoms with Crippen LogP contribution in [0.3, 0.4) is 0 Å². The summed E-state index contributed by atoms with van der Waals surface area (Å²) in [6.07, 6.45) is 1.73. The van der Waals surface area contributed by atoms with Crippen LogP contribution in [-0.2, 0) is 4.74 Å². The monoisotopic (exact) mass is 379 g/mol. The van der Waals surface area contributed by atoms with Crippen LogP contribution in [0.15, 0.2) is 36.5 Å². The molecule has 1 aromatic carbocycles. The molecule has 5 rings (SSSR count). The molecule has 2 amide bonds. The van der Waals surface area contributed by atoms with Gasteiger partial charge in [-0.3, -0.25) is 14.6 Å². The lowest BCUT2D eigenvalue weighted by atomic mass is 9.93. The molecular formula is C21H21N3O4. The lowest BCUT2D eigenvalue weighted by Crippen LogP contribution is -2.30. The van der Waals surface area contributed by atoms with E-state index < -0.39 is 0 Å². The number of pyridine rings is 1. The molecule has 4 atom stereocenters. The van der Waals surface area contributed by atoms with Crippen molar-refractivity contribution in [3.05, 3.63) is 58.9 Å². The number of carbonyl (C=O) groups is 2. The van der Waals surface area contributed by atoms with Crippen molar-refractivity contribution in [3.63, 3.8) is 0 Å². The Kier molecular flexibility index (Phi) is 4.05. The zero-order valence-corrected chi connectivity index (χ0v) is 15.5. The van der Waals surface area contributed by atoms with Gasteiger partial charge in [0.05, 0.1) is 30.4 Å². The molecule has 3 heterocycles. The summed E-state index contributed by atoms with van der Waals surface area (Å²) in [6, 6.07) is 9.32. The minimum atomic E-state index is -0.274. The summed E-state index contributed by atoms with van der Waals surface area (Å²) >= 11 is 0. The highest BCUT2D eigenvalue weighted by molar-refractivity contribution is 6.02. The third-order valence-electron chi connectivity index (χ3n) is 5.92. The fourth-order valence-corrected chi connectivity index (χ4v) is 4.28. The molecule has 2 fully saturated rings. The fraction of sp³-hybridized carbons (Fsp3) is 0.381. The van der Waals surface area contributed by atoms with Crippen LogP contribution in [0.25, 0.3) is 0 Å². The van der Waals surface area contributed by atoms with Crippen LogP contribution in [0.4, 0.5) is 0 Å². The molecular weight excluding hydrogens is 358 g/mol. The van der Waals surface area contributed by atoms with Crippen LogP contribution < -0.4 is 15.4 Å². The average Bonchev–Trinajstić information content (AvgIpc) is 3.10. The average molecular weight is 379 g/mol. The number of benzene rings is 1. The minimum absolute atomic E-state index is 0.110. The van der Waals surface area contributed by atoms with Gasteiger partial charge in [-0.05, 0) is 24.3 Å². The summed E-state index contributed by atoms with van der Waals surface area (Å²) < 4.78 is 11.2. The first kappa shape index (κ1) is 17.2. The van der Waals surface area contributed by atoms with Gasteiger partial charge < -0.3 is 20.1 Å². The van der Waals surface area contributed by atoms with Gasteiger partial charge in [0.1, 0.15) is 12.4 Å². The molecule has 0 bridgehead atoms. The SMILES string of the molecule is CNC(=O)c1cc(C(=O)N[C@H]2[C@@H]3COC[C@@H]32)cc2c1OCC2c1ccccn1. The van der Waals surface area contributed by atoms with E-state index in [-0.39, 0.29) is 23.8 Å². The third kappa shape index (κ3) is 2.74. The van der Waals surface area contributed by atoms with Crippen molar-refractivity contribution >= 4 is 11.8 Å². The fourth-order valence-electron chi connectivity index (χ4n) is 4.28. The summed E-state index contributed by atoms with van der Waals surface area (Å²) in [5.74, 6) is 0.815. The number of carbonyl (C=O) groups excluding carboxylic acids is 2. The molecule has 28 heavy (non-hydrogen) atoms. The number of hydrogen-bond acceptors (Lipinski definition) is 5. The zero-order chi connectivity index (χ0) is 19.3. The molecule has 144 valence electrons. The Morgan fingerprint density at radius 1 is 1.11 bits per heavy atom. The number of amides is 2. The molecule has 1 saturated heterocycles. The molecule has 7 heteroatoms. The smallest absolute Gasteiger partial charge is 0.254 e. The molecule has 1 unspecified atom stereocenters. The number of fused-ring (bicyclic) bond motifs is 2. The predicted molar refractivity (Wildman–Crippen MR) is 100 cm³/mol. The minimum Gasteiger partial charge on any atom is -0.491 e. The first-order valence-electron chi connectivity index (χ1n) is 9.49. The van der Waals surface area contributed by atoms with Gasteiger partial charge in [0.15, 0.2) is 0 Å². The van der Waals surface area contributed by atoms with Gasteiger partial charge in [-0.25, -0.2) is 0 Å². The maximum atomic E-state index is 12.9. The lowest BCUT2D eigenvalue weighted by molar-refractivity contribution is 0.0929. The second-order valence-electron chi connectivity index (χ2n) is 7.50. The van der Waals surface area contributed by atoms with E-state index in [0.29, 0.717) is 48.5 Å². The topological polar surface area (TPSA) is 89.6 Å². The number of aromatic nitrogens is 1. The van der Waals surface area contributed by atoms with E-state index in [9.17, 15) is 9.59 Å². The Hall–Kier alpha value is -2.93. The second kappa shape index (κ2) is 6.60. The lowest BCUT2D eigenvalue weighted by Gasteiger charge is -2.13. The maximum absolute atomic E-state index is 12.9. The molecule has 2 aromatic rings. The molecule has 0 spiro atoms. The highest BCUT2D eigenvalue weighted by atomic mass is 16.5. The number of hydrogen-bond donors (Lipinski definition) is 2. The summed E-state index contributed by atoms with van der Waals surface area (Å²) in [5.41, 5.74) is 2.53.